The molecule has 2 aromatic carbocycles. The molecule has 0 aliphatic rings. The summed E-state index contributed by atoms with van der Waals surface area (Å²) in [5, 5.41) is 11.7. The predicted molar refractivity (Wildman–Crippen MR) is 145 cm³/mol. The van der Waals surface area contributed by atoms with E-state index in [9.17, 15) is 18.0 Å². The Morgan fingerprint density at radius 1 is 1.02 bits per heavy atom. The number of carbonyl (C=O) groups excluding carboxylic acids is 1. The van der Waals surface area contributed by atoms with Crippen LogP contribution in [0.25, 0.3) is 17.3 Å². The lowest BCUT2D eigenvalue weighted by Crippen LogP contribution is -2.25. The van der Waals surface area contributed by atoms with E-state index in [1.54, 1.807) is 37.0 Å². The molecular weight excluding hydrogens is 545 g/mol. The number of thioether (sulfide) groups is 1. The highest BCUT2D eigenvalue weighted by molar-refractivity contribution is 7.99. The third-order valence-electron chi connectivity index (χ3n) is 6.02. The van der Waals surface area contributed by atoms with Gasteiger partial charge in [0.15, 0.2) is 22.4 Å². The number of unbranched alkanes of at least 4 members (excludes halogenated alkanes) is 1. The lowest BCUT2D eigenvalue weighted by Gasteiger charge is -2.12. The van der Waals surface area contributed by atoms with Crippen molar-refractivity contribution in [3.05, 3.63) is 72.0 Å². The van der Waals surface area contributed by atoms with Gasteiger partial charge in [-0.15, -0.1) is 10.2 Å². The van der Waals surface area contributed by atoms with E-state index >= 15 is 0 Å². The topological polar surface area (TPSA) is 91.4 Å². The van der Waals surface area contributed by atoms with Gasteiger partial charge >= 0.3 is 6.18 Å². The standard InChI is InChI=1S/C28H29F3N4O4S/c1-37-22-12-11-19(17-24(22)38-2)13-14-32-25(36)10-3-4-16-40-27-34-33-26(23-9-6-15-39-23)35(27)21-8-5-7-20(18-21)28(29,30)31/h5-9,11-12,15,17-18H,3-4,10,13-14,16H2,1-2H3,(H,32,36). The summed E-state index contributed by atoms with van der Waals surface area (Å²) in [6.45, 7) is 0.499. The average Bonchev–Trinajstić information content (AvgIpc) is 3.62. The van der Waals surface area contributed by atoms with Gasteiger partial charge in [-0.25, -0.2) is 0 Å². The maximum Gasteiger partial charge on any atom is 0.416 e. The number of rotatable bonds is 13. The van der Waals surface area contributed by atoms with Crippen LogP contribution in [0.2, 0.25) is 0 Å². The molecule has 0 fully saturated rings. The number of halogens is 3. The van der Waals surface area contributed by atoms with Crippen LogP contribution in [0, 0.1) is 0 Å². The molecule has 0 atom stereocenters. The number of hydrogen-bond donors (Lipinski definition) is 1. The number of alkyl halides is 3. The number of nitrogens with zero attached hydrogens (tertiary/aromatic N) is 3. The van der Waals surface area contributed by atoms with Gasteiger partial charge in [0.25, 0.3) is 0 Å². The van der Waals surface area contributed by atoms with Crippen LogP contribution in [0.3, 0.4) is 0 Å². The van der Waals surface area contributed by atoms with Gasteiger partial charge in [0.05, 0.1) is 31.7 Å². The van der Waals surface area contributed by atoms with E-state index in [-0.39, 0.29) is 11.6 Å². The molecule has 0 unspecified atom stereocenters. The summed E-state index contributed by atoms with van der Waals surface area (Å²) in [6, 6.07) is 14.0. The summed E-state index contributed by atoms with van der Waals surface area (Å²) < 4.78 is 57.6. The van der Waals surface area contributed by atoms with Crippen LogP contribution in [-0.2, 0) is 17.4 Å². The van der Waals surface area contributed by atoms with E-state index in [2.05, 4.69) is 15.5 Å². The zero-order chi connectivity index (χ0) is 28.5. The smallest absolute Gasteiger partial charge is 0.416 e. The molecule has 0 aliphatic carbocycles. The molecule has 2 heterocycles. The third kappa shape index (κ3) is 7.38. The van der Waals surface area contributed by atoms with Gasteiger partial charge in [0.1, 0.15) is 0 Å². The van der Waals surface area contributed by atoms with Gasteiger partial charge in [0, 0.05) is 18.7 Å². The summed E-state index contributed by atoms with van der Waals surface area (Å²) in [6.07, 6.45) is -0.636. The highest BCUT2D eigenvalue weighted by Crippen LogP contribution is 2.33. The monoisotopic (exact) mass is 574 g/mol. The van der Waals surface area contributed by atoms with Crippen LogP contribution in [0.4, 0.5) is 13.2 Å². The number of methoxy groups -OCH3 is 2. The minimum absolute atomic E-state index is 0.0438. The molecule has 12 heteroatoms. The second-order valence-electron chi connectivity index (χ2n) is 8.76. The lowest BCUT2D eigenvalue weighted by atomic mass is 10.1. The van der Waals surface area contributed by atoms with Crippen molar-refractivity contribution in [3.8, 4) is 28.8 Å². The van der Waals surface area contributed by atoms with Crippen molar-refractivity contribution in [2.75, 3.05) is 26.5 Å². The zero-order valence-electron chi connectivity index (χ0n) is 22.0. The zero-order valence-corrected chi connectivity index (χ0v) is 22.8. The first-order valence-corrected chi connectivity index (χ1v) is 13.6. The van der Waals surface area contributed by atoms with Crippen LogP contribution < -0.4 is 14.8 Å². The highest BCUT2D eigenvalue weighted by Gasteiger charge is 2.31. The van der Waals surface area contributed by atoms with Gasteiger partial charge in [-0.2, -0.15) is 13.2 Å². The van der Waals surface area contributed by atoms with Crippen molar-refractivity contribution in [1.82, 2.24) is 20.1 Å². The number of furan rings is 1. The lowest BCUT2D eigenvalue weighted by molar-refractivity contribution is -0.137. The van der Waals surface area contributed by atoms with Crippen molar-refractivity contribution >= 4 is 17.7 Å². The van der Waals surface area contributed by atoms with Crippen molar-refractivity contribution < 1.29 is 31.9 Å². The predicted octanol–water partition coefficient (Wildman–Crippen LogP) is 6.18. The Hall–Kier alpha value is -3.93. The quantitative estimate of drug-likeness (QED) is 0.151. The molecular formula is C28H29F3N4O4S. The van der Waals surface area contributed by atoms with Crippen LogP contribution in [0.1, 0.15) is 30.4 Å². The number of amides is 1. The van der Waals surface area contributed by atoms with Crippen molar-refractivity contribution in [2.45, 2.75) is 37.0 Å². The van der Waals surface area contributed by atoms with E-state index in [4.69, 9.17) is 13.9 Å². The maximum atomic E-state index is 13.4. The van der Waals surface area contributed by atoms with Crippen molar-refractivity contribution in [3.63, 3.8) is 0 Å². The Kier molecular flexibility index (Phi) is 9.75. The molecule has 0 radical (unpaired) electrons. The van der Waals surface area contributed by atoms with E-state index in [0.29, 0.717) is 66.2 Å². The summed E-state index contributed by atoms with van der Waals surface area (Å²) in [7, 11) is 3.16. The first-order chi connectivity index (χ1) is 19.3. The molecule has 212 valence electrons. The minimum Gasteiger partial charge on any atom is -0.493 e. The summed E-state index contributed by atoms with van der Waals surface area (Å²) in [4.78, 5) is 12.3. The number of benzene rings is 2. The average molecular weight is 575 g/mol. The Labute approximate surface area is 233 Å². The van der Waals surface area contributed by atoms with Gasteiger partial charge in [0.2, 0.25) is 11.7 Å². The fraction of sp³-hybridized carbons (Fsp3) is 0.321. The van der Waals surface area contributed by atoms with E-state index in [0.717, 1.165) is 17.7 Å². The van der Waals surface area contributed by atoms with Crippen molar-refractivity contribution in [1.29, 1.82) is 0 Å². The molecule has 4 rings (SSSR count). The SMILES string of the molecule is COc1ccc(CCNC(=O)CCCCSc2nnc(-c3ccco3)n2-c2cccc(C(F)(F)F)c2)cc1OC. The van der Waals surface area contributed by atoms with Crippen molar-refractivity contribution in [2.24, 2.45) is 0 Å². The van der Waals surface area contributed by atoms with Crippen LogP contribution in [0.5, 0.6) is 11.5 Å². The van der Waals surface area contributed by atoms with Crippen LogP contribution in [-0.4, -0.2) is 47.2 Å². The maximum absolute atomic E-state index is 13.4. The molecule has 8 nitrogen and oxygen atoms in total. The molecule has 40 heavy (non-hydrogen) atoms. The van der Waals surface area contributed by atoms with Gasteiger partial charge in [-0.1, -0.05) is 23.9 Å². The van der Waals surface area contributed by atoms with Crippen LogP contribution >= 0.6 is 11.8 Å². The molecule has 0 bridgehead atoms. The van der Waals surface area contributed by atoms with E-state index < -0.39 is 11.7 Å². The molecule has 2 aromatic heterocycles. The molecule has 0 saturated carbocycles. The van der Waals surface area contributed by atoms with E-state index in [1.807, 2.05) is 18.2 Å². The number of ether oxygens (including phenoxy) is 2. The second kappa shape index (κ2) is 13.4. The van der Waals surface area contributed by atoms with Gasteiger partial charge < -0.3 is 19.2 Å². The molecule has 0 aliphatic heterocycles. The summed E-state index contributed by atoms with van der Waals surface area (Å²) >= 11 is 1.36. The number of aromatic nitrogens is 3. The summed E-state index contributed by atoms with van der Waals surface area (Å²) in [5.41, 5.74) is 0.535. The molecule has 1 N–H and O–H groups in total. The fourth-order valence-electron chi connectivity index (χ4n) is 4.00. The molecule has 0 spiro atoms. The largest absolute Gasteiger partial charge is 0.493 e. The first kappa shape index (κ1) is 29.1. The second-order valence-corrected chi connectivity index (χ2v) is 9.82. The van der Waals surface area contributed by atoms with Gasteiger partial charge in [-0.05, 0) is 67.3 Å². The van der Waals surface area contributed by atoms with E-state index in [1.165, 1.54) is 24.1 Å². The minimum atomic E-state index is -4.48. The number of carbonyl (C=O) groups is 1. The highest BCUT2D eigenvalue weighted by atomic mass is 32.2. The Bertz CT molecular complexity index is 1410. The first-order valence-electron chi connectivity index (χ1n) is 12.6. The Morgan fingerprint density at radius 2 is 1.85 bits per heavy atom. The fourth-order valence-corrected chi connectivity index (χ4v) is 4.96. The molecule has 0 saturated heterocycles. The normalized spacial score (nSPS) is 11.4. The number of hydrogen-bond acceptors (Lipinski definition) is 7. The molecule has 4 aromatic rings. The Balaban J connectivity index is 1.29. The summed E-state index contributed by atoms with van der Waals surface area (Å²) in [5.74, 6) is 2.55. The number of nitrogens with one attached hydrogen (secondary N) is 1. The Morgan fingerprint density at radius 3 is 2.58 bits per heavy atom. The van der Waals surface area contributed by atoms with Gasteiger partial charge in [-0.3, -0.25) is 9.36 Å². The van der Waals surface area contributed by atoms with Crippen LogP contribution in [0.15, 0.2) is 70.4 Å². The third-order valence-corrected chi connectivity index (χ3v) is 7.03. The molecule has 1 amide bonds.